The summed E-state index contributed by atoms with van der Waals surface area (Å²) in [6.07, 6.45) is 2.08. The number of nitroso groups, excluding NO2 is 1. The molecule has 1 atom stereocenters. The van der Waals surface area contributed by atoms with Gasteiger partial charge in [0, 0.05) is 26.2 Å². The van der Waals surface area contributed by atoms with Gasteiger partial charge < -0.3 is 14.4 Å². The second-order valence-corrected chi connectivity index (χ2v) is 6.62. The molecule has 0 aromatic rings. The molecule has 1 saturated heterocycles. The molecular formula is C19H33N2O3. The predicted octanol–water partition coefficient (Wildman–Crippen LogP) is 3.95. The molecule has 137 valence electrons. The molecule has 1 unspecified atom stereocenters. The van der Waals surface area contributed by atoms with Crippen molar-refractivity contribution in [2.45, 2.75) is 59.3 Å². The number of nitrogens with zero attached hydrogens (tertiary/aromatic N) is 2. The van der Waals surface area contributed by atoms with Crippen molar-refractivity contribution in [3.05, 3.63) is 28.7 Å². The zero-order chi connectivity index (χ0) is 17.9. The van der Waals surface area contributed by atoms with Crippen LogP contribution in [-0.2, 0) is 9.47 Å². The summed E-state index contributed by atoms with van der Waals surface area (Å²) in [4.78, 5) is 13.8. The highest BCUT2D eigenvalue weighted by molar-refractivity contribution is 5.09. The van der Waals surface area contributed by atoms with E-state index in [0.29, 0.717) is 25.6 Å². The van der Waals surface area contributed by atoms with E-state index < -0.39 is 12.3 Å². The van der Waals surface area contributed by atoms with Crippen molar-refractivity contribution in [1.82, 2.24) is 4.90 Å². The van der Waals surface area contributed by atoms with Crippen molar-refractivity contribution >= 4 is 0 Å². The van der Waals surface area contributed by atoms with Crippen LogP contribution in [0.15, 0.2) is 23.1 Å². The van der Waals surface area contributed by atoms with Crippen LogP contribution in [-0.4, -0.2) is 50.1 Å². The largest absolute Gasteiger partial charge is 0.351 e. The molecule has 1 radical (unpaired) electrons. The van der Waals surface area contributed by atoms with Crippen molar-refractivity contribution in [2.24, 2.45) is 11.1 Å². The van der Waals surface area contributed by atoms with Crippen molar-refractivity contribution in [1.29, 1.82) is 0 Å². The lowest BCUT2D eigenvalue weighted by atomic mass is 9.86. The molecule has 1 aliphatic rings. The number of hydrogen-bond donors (Lipinski definition) is 0. The summed E-state index contributed by atoms with van der Waals surface area (Å²) in [7, 11) is 0. The van der Waals surface area contributed by atoms with E-state index in [1.807, 2.05) is 13.8 Å². The maximum Gasteiger partial charge on any atom is 0.183 e. The number of hydrogen-bond acceptors (Lipinski definition) is 5. The molecular weight excluding hydrogens is 304 g/mol. The van der Waals surface area contributed by atoms with Gasteiger partial charge >= 0.3 is 0 Å². The zero-order valence-corrected chi connectivity index (χ0v) is 15.7. The fourth-order valence-corrected chi connectivity index (χ4v) is 3.28. The summed E-state index contributed by atoms with van der Waals surface area (Å²) in [5.41, 5.74) is 4.15. The van der Waals surface area contributed by atoms with E-state index in [1.54, 1.807) is 0 Å². The fraction of sp³-hybridized carbons (Fsp3) is 0.789. The van der Waals surface area contributed by atoms with E-state index in [9.17, 15) is 4.91 Å². The van der Waals surface area contributed by atoms with Gasteiger partial charge in [-0.05, 0) is 57.2 Å². The second kappa shape index (κ2) is 11.5. The van der Waals surface area contributed by atoms with E-state index in [-0.39, 0.29) is 0 Å². The molecule has 5 nitrogen and oxygen atoms in total. The molecule has 0 amide bonds. The van der Waals surface area contributed by atoms with E-state index in [2.05, 4.69) is 36.2 Å². The average Bonchev–Trinajstić information content (AvgIpc) is 2.56. The summed E-state index contributed by atoms with van der Waals surface area (Å²) in [6, 6.07) is -0.543. The lowest BCUT2D eigenvalue weighted by Gasteiger charge is -2.34. The Bertz CT molecular complexity index is 405. The Kier molecular flexibility index (Phi) is 10.1. The molecule has 0 bridgehead atoms. The van der Waals surface area contributed by atoms with Gasteiger partial charge in [0.25, 0.3) is 0 Å². The smallest absolute Gasteiger partial charge is 0.183 e. The lowest BCUT2D eigenvalue weighted by Crippen LogP contribution is -2.37. The molecule has 0 spiro atoms. The van der Waals surface area contributed by atoms with Crippen LogP contribution in [0.3, 0.4) is 0 Å². The zero-order valence-electron chi connectivity index (χ0n) is 15.7. The summed E-state index contributed by atoms with van der Waals surface area (Å²) in [5, 5.41) is 3.26. The molecule has 24 heavy (non-hydrogen) atoms. The van der Waals surface area contributed by atoms with Crippen molar-refractivity contribution in [2.75, 3.05) is 32.8 Å². The van der Waals surface area contributed by atoms with Crippen LogP contribution in [0.2, 0.25) is 0 Å². The molecule has 0 aliphatic carbocycles. The summed E-state index contributed by atoms with van der Waals surface area (Å²) in [5.74, 6) is 1.86. The highest BCUT2D eigenvalue weighted by atomic mass is 16.7. The highest BCUT2D eigenvalue weighted by Crippen LogP contribution is 2.29. The van der Waals surface area contributed by atoms with Gasteiger partial charge in [0.05, 0.1) is 0 Å². The topological polar surface area (TPSA) is 51.1 Å². The van der Waals surface area contributed by atoms with Gasteiger partial charge in [-0.3, -0.25) is 0 Å². The standard InChI is InChI=1S/C19H33N2O3/c1-6-16(13-18(20-22)19(23-7-2)24-8-3)17-9-11-21(12-10-17)14-15(4)5/h17-19H,1,7-14H2,2-5H3. The van der Waals surface area contributed by atoms with Crippen molar-refractivity contribution in [3.63, 3.8) is 0 Å². The third-order valence-electron chi connectivity index (χ3n) is 4.39. The Hall–Kier alpha value is -1.00. The SMILES string of the molecule is C=C=C(CC(N=O)C(OCC)OCC)C1CCN(C[C](C)C)CC1. The quantitative estimate of drug-likeness (QED) is 0.325. The molecule has 1 heterocycles. The molecule has 1 rings (SSSR count). The fourth-order valence-electron chi connectivity index (χ4n) is 3.28. The Morgan fingerprint density at radius 3 is 2.25 bits per heavy atom. The van der Waals surface area contributed by atoms with Gasteiger partial charge in [-0.2, -0.15) is 4.91 Å². The Morgan fingerprint density at radius 2 is 1.83 bits per heavy atom. The molecule has 0 N–H and O–H groups in total. The monoisotopic (exact) mass is 337 g/mol. The third kappa shape index (κ3) is 6.86. The van der Waals surface area contributed by atoms with Gasteiger partial charge in [-0.25, -0.2) is 0 Å². The minimum atomic E-state index is -0.585. The van der Waals surface area contributed by atoms with Gasteiger partial charge in [0.1, 0.15) is 6.04 Å². The molecule has 1 fully saturated rings. The Balaban J connectivity index is 2.63. The highest BCUT2D eigenvalue weighted by Gasteiger charge is 2.29. The first kappa shape index (κ1) is 21.0. The van der Waals surface area contributed by atoms with Crippen LogP contribution < -0.4 is 0 Å². The minimum Gasteiger partial charge on any atom is -0.351 e. The Morgan fingerprint density at radius 1 is 1.25 bits per heavy atom. The minimum absolute atomic E-state index is 0.420. The first-order chi connectivity index (χ1) is 11.5. The molecule has 0 aromatic carbocycles. The number of likely N-dealkylation sites (tertiary alicyclic amines) is 1. The lowest BCUT2D eigenvalue weighted by molar-refractivity contribution is -0.148. The summed E-state index contributed by atoms with van der Waals surface area (Å²) < 4.78 is 11.1. The molecule has 0 aromatic heterocycles. The van der Waals surface area contributed by atoms with Crippen LogP contribution >= 0.6 is 0 Å². The maximum atomic E-state index is 11.3. The number of piperidine rings is 1. The number of rotatable bonds is 11. The van der Waals surface area contributed by atoms with Crippen LogP contribution in [0.1, 0.15) is 47.0 Å². The van der Waals surface area contributed by atoms with E-state index >= 15 is 0 Å². The Labute approximate surface area is 147 Å². The van der Waals surface area contributed by atoms with Gasteiger partial charge in [0.15, 0.2) is 6.29 Å². The van der Waals surface area contributed by atoms with Gasteiger partial charge in [-0.15, -0.1) is 5.73 Å². The first-order valence-electron chi connectivity index (χ1n) is 9.01. The first-order valence-corrected chi connectivity index (χ1v) is 9.01. The summed E-state index contributed by atoms with van der Waals surface area (Å²) in [6.45, 7) is 16.2. The molecule has 1 aliphatic heterocycles. The third-order valence-corrected chi connectivity index (χ3v) is 4.39. The predicted molar refractivity (Wildman–Crippen MR) is 97.6 cm³/mol. The van der Waals surface area contributed by atoms with E-state index in [0.717, 1.165) is 38.0 Å². The molecule has 0 saturated carbocycles. The van der Waals surface area contributed by atoms with E-state index in [1.165, 1.54) is 5.92 Å². The van der Waals surface area contributed by atoms with Crippen molar-refractivity contribution < 1.29 is 9.47 Å². The number of ether oxygens (including phenoxy) is 2. The van der Waals surface area contributed by atoms with Gasteiger partial charge in [0.2, 0.25) is 0 Å². The normalized spacial score (nSPS) is 17.9. The molecule has 5 heteroatoms. The van der Waals surface area contributed by atoms with E-state index in [4.69, 9.17) is 9.47 Å². The second-order valence-electron chi connectivity index (χ2n) is 6.62. The van der Waals surface area contributed by atoms with Crippen molar-refractivity contribution in [3.8, 4) is 0 Å². The van der Waals surface area contributed by atoms with Gasteiger partial charge in [-0.1, -0.05) is 25.6 Å². The van der Waals surface area contributed by atoms with Crippen LogP contribution in [0.25, 0.3) is 0 Å². The van der Waals surface area contributed by atoms with Crippen LogP contribution in [0, 0.1) is 16.7 Å². The maximum absolute atomic E-state index is 11.3. The van der Waals surface area contributed by atoms with Crippen LogP contribution in [0.4, 0.5) is 0 Å². The summed E-state index contributed by atoms with van der Waals surface area (Å²) >= 11 is 0. The van der Waals surface area contributed by atoms with Crippen LogP contribution in [0.5, 0.6) is 0 Å². The average molecular weight is 337 g/mol.